The number of hydrogen-bond acceptors (Lipinski definition) is 3. The van der Waals surface area contributed by atoms with Crippen molar-refractivity contribution in [2.45, 2.75) is 12.8 Å². The smallest absolute Gasteiger partial charge is 0.0589 e. The van der Waals surface area contributed by atoms with Gasteiger partial charge in [-0.25, -0.2) is 0 Å². The Morgan fingerprint density at radius 2 is 1.93 bits per heavy atom. The monoisotopic (exact) mass is 278 g/mol. The molecule has 0 aliphatic carbocycles. The molecule has 3 nitrogen and oxygen atoms in total. The van der Waals surface area contributed by atoms with Gasteiger partial charge in [-0.3, -0.25) is 4.90 Å². The summed E-state index contributed by atoms with van der Waals surface area (Å²) in [7, 11) is 1.77. The summed E-state index contributed by atoms with van der Waals surface area (Å²) >= 11 is 3.50. The van der Waals surface area contributed by atoms with E-state index in [0.717, 1.165) is 25.0 Å². The molecule has 0 radical (unpaired) electrons. The number of nitrogens with zero attached hydrogens (tertiary/aromatic N) is 2. The molecule has 15 heavy (non-hydrogen) atoms. The van der Waals surface area contributed by atoms with Crippen molar-refractivity contribution in [2.24, 2.45) is 0 Å². The van der Waals surface area contributed by atoms with Crippen LogP contribution in [-0.2, 0) is 4.74 Å². The lowest BCUT2D eigenvalue weighted by Gasteiger charge is -2.24. The van der Waals surface area contributed by atoms with Crippen LogP contribution in [0.3, 0.4) is 0 Å². The van der Waals surface area contributed by atoms with E-state index in [1.54, 1.807) is 7.11 Å². The van der Waals surface area contributed by atoms with Crippen molar-refractivity contribution < 1.29 is 4.74 Å². The lowest BCUT2D eigenvalue weighted by molar-refractivity contribution is 0.143. The second-order valence-electron chi connectivity index (χ2n) is 4.07. The Hall–Kier alpha value is 0.360. The molecule has 90 valence electrons. The first-order valence-electron chi connectivity index (χ1n) is 5.86. The largest absolute Gasteiger partial charge is 0.383 e. The third-order valence-corrected chi connectivity index (χ3v) is 3.30. The van der Waals surface area contributed by atoms with Crippen LogP contribution in [0.25, 0.3) is 0 Å². The van der Waals surface area contributed by atoms with E-state index in [4.69, 9.17) is 4.74 Å². The van der Waals surface area contributed by atoms with Crippen molar-refractivity contribution in [3.05, 3.63) is 0 Å². The average molecular weight is 279 g/mol. The third kappa shape index (κ3) is 5.85. The van der Waals surface area contributed by atoms with Crippen molar-refractivity contribution >= 4 is 15.9 Å². The fourth-order valence-corrected chi connectivity index (χ4v) is 2.47. The van der Waals surface area contributed by atoms with Crippen LogP contribution < -0.4 is 0 Å². The highest BCUT2D eigenvalue weighted by Gasteiger charge is 2.12. The van der Waals surface area contributed by atoms with Crippen LogP contribution in [0.4, 0.5) is 0 Å². The molecule has 1 saturated heterocycles. The molecule has 1 heterocycles. The van der Waals surface area contributed by atoms with Crippen LogP contribution in [0, 0.1) is 0 Å². The number of hydrogen-bond donors (Lipinski definition) is 0. The molecule has 1 rings (SSSR count). The zero-order valence-corrected chi connectivity index (χ0v) is 11.3. The van der Waals surface area contributed by atoms with Crippen molar-refractivity contribution in [1.29, 1.82) is 0 Å². The predicted octanol–water partition coefficient (Wildman–Crippen LogP) is 1.43. The topological polar surface area (TPSA) is 15.7 Å². The Morgan fingerprint density at radius 3 is 2.53 bits per heavy atom. The molecule has 1 fully saturated rings. The Balaban J connectivity index is 2.11. The molecule has 4 heteroatoms. The fraction of sp³-hybridized carbons (Fsp3) is 1.00. The van der Waals surface area contributed by atoms with Gasteiger partial charge in [0.1, 0.15) is 0 Å². The van der Waals surface area contributed by atoms with Gasteiger partial charge in [0.05, 0.1) is 6.61 Å². The number of rotatable bonds is 8. The van der Waals surface area contributed by atoms with E-state index in [2.05, 4.69) is 25.7 Å². The maximum absolute atomic E-state index is 5.12. The van der Waals surface area contributed by atoms with E-state index < -0.39 is 0 Å². The molecule has 0 aromatic rings. The van der Waals surface area contributed by atoms with Crippen molar-refractivity contribution in [2.75, 3.05) is 58.3 Å². The van der Waals surface area contributed by atoms with Gasteiger partial charge in [0.25, 0.3) is 0 Å². The summed E-state index contributed by atoms with van der Waals surface area (Å²) in [6.45, 7) is 8.00. The first-order valence-corrected chi connectivity index (χ1v) is 6.98. The SMILES string of the molecule is COCCN(CCBr)CCN1CCCC1. The zero-order chi connectivity index (χ0) is 10.9. The molecule has 1 aliphatic rings. The maximum atomic E-state index is 5.12. The fourth-order valence-electron chi connectivity index (χ4n) is 1.96. The minimum Gasteiger partial charge on any atom is -0.383 e. The van der Waals surface area contributed by atoms with Crippen LogP contribution in [0.15, 0.2) is 0 Å². The first-order chi connectivity index (χ1) is 7.36. The van der Waals surface area contributed by atoms with Gasteiger partial charge in [-0.05, 0) is 25.9 Å². The Morgan fingerprint density at radius 1 is 1.20 bits per heavy atom. The van der Waals surface area contributed by atoms with Crippen LogP contribution in [0.2, 0.25) is 0 Å². The van der Waals surface area contributed by atoms with Gasteiger partial charge in [0, 0.05) is 38.6 Å². The number of methoxy groups -OCH3 is 1. The van der Waals surface area contributed by atoms with E-state index in [-0.39, 0.29) is 0 Å². The third-order valence-electron chi connectivity index (χ3n) is 2.94. The predicted molar refractivity (Wildman–Crippen MR) is 67.8 cm³/mol. The second kappa shape index (κ2) is 8.50. The molecule has 0 N–H and O–H groups in total. The van der Waals surface area contributed by atoms with Gasteiger partial charge in [-0.1, -0.05) is 15.9 Å². The van der Waals surface area contributed by atoms with Gasteiger partial charge >= 0.3 is 0 Å². The second-order valence-corrected chi connectivity index (χ2v) is 4.87. The van der Waals surface area contributed by atoms with Gasteiger partial charge in [-0.2, -0.15) is 0 Å². The van der Waals surface area contributed by atoms with E-state index >= 15 is 0 Å². The summed E-state index contributed by atoms with van der Waals surface area (Å²) in [5.41, 5.74) is 0. The average Bonchev–Trinajstić information content (AvgIpc) is 2.75. The molecule has 0 atom stereocenters. The van der Waals surface area contributed by atoms with Gasteiger partial charge in [0.15, 0.2) is 0 Å². The van der Waals surface area contributed by atoms with Crippen LogP contribution in [-0.4, -0.2) is 68.1 Å². The Kier molecular flexibility index (Phi) is 7.61. The van der Waals surface area contributed by atoms with E-state index in [1.807, 2.05) is 0 Å². The lowest BCUT2D eigenvalue weighted by atomic mass is 10.4. The minimum absolute atomic E-state index is 0.840. The summed E-state index contributed by atoms with van der Waals surface area (Å²) in [6.07, 6.45) is 2.77. The summed E-state index contributed by atoms with van der Waals surface area (Å²) in [6, 6.07) is 0. The molecule has 0 aromatic heterocycles. The molecule has 0 bridgehead atoms. The summed E-state index contributed by atoms with van der Waals surface area (Å²) in [5.74, 6) is 0. The molecular weight excluding hydrogens is 256 g/mol. The Labute approximate surface area is 102 Å². The normalized spacial score (nSPS) is 17.8. The van der Waals surface area contributed by atoms with Crippen LogP contribution in [0.5, 0.6) is 0 Å². The zero-order valence-electron chi connectivity index (χ0n) is 9.75. The summed E-state index contributed by atoms with van der Waals surface area (Å²) < 4.78 is 5.12. The van der Waals surface area contributed by atoms with Crippen molar-refractivity contribution in [3.63, 3.8) is 0 Å². The van der Waals surface area contributed by atoms with Crippen LogP contribution >= 0.6 is 15.9 Å². The van der Waals surface area contributed by atoms with Crippen molar-refractivity contribution in [1.82, 2.24) is 9.80 Å². The quantitative estimate of drug-likeness (QED) is 0.625. The van der Waals surface area contributed by atoms with Gasteiger partial charge < -0.3 is 9.64 Å². The van der Waals surface area contributed by atoms with E-state index in [0.29, 0.717) is 0 Å². The highest BCUT2D eigenvalue weighted by molar-refractivity contribution is 9.09. The maximum Gasteiger partial charge on any atom is 0.0589 e. The molecule has 0 spiro atoms. The number of alkyl halides is 1. The van der Waals surface area contributed by atoms with Gasteiger partial charge in [0.2, 0.25) is 0 Å². The molecule has 0 unspecified atom stereocenters. The molecule has 0 aromatic carbocycles. The summed E-state index contributed by atoms with van der Waals surface area (Å²) in [4.78, 5) is 5.03. The number of ether oxygens (including phenoxy) is 1. The number of halogens is 1. The molecule has 1 aliphatic heterocycles. The molecule has 0 saturated carbocycles. The number of likely N-dealkylation sites (tertiary alicyclic amines) is 1. The van der Waals surface area contributed by atoms with E-state index in [9.17, 15) is 0 Å². The van der Waals surface area contributed by atoms with Crippen molar-refractivity contribution in [3.8, 4) is 0 Å². The minimum atomic E-state index is 0.840. The first kappa shape index (κ1) is 13.4. The standard InChI is InChI=1S/C11H23BrN2O/c1-15-11-10-14(7-4-12)9-8-13-5-2-3-6-13/h2-11H2,1H3. The molecule has 0 amide bonds. The highest BCUT2D eigenvalue weighted by atomic mass is 79.9. The highest BCUT2D eigenvalue weighted by Crippen LogP contribution is 2.06. The molecular formula is C11H23BrN2O. The van der Waals surface area contributed by atoms with Crippen LogP contribution in [0.1, 0.15) is 12.8 Å². The summed E-state index contributed by atoms with van der Waals surface area (Å²) in [5, 5.41) is 1.05. The van der Waals surface area contributed by atoms with Gasteiger partial charge in [-0.15, -0.1) is 0 Å². The Bertz CT molecular complexity index is 152. The lowest BCUT2D eigenvalue weighted by Crippen LogP contribution is -2.36. The van der Waals surface area contributed by atoms with E-state index in [1.165, 1.54) is 39.0 Å².